The number of carbonyl (C=O) groups excluding carboxylic acids is 1. The highest BCUT2D eigenvalue weighted by molar-refractivity contribution is 6.05. The largest absolute Gasteiger partial charge is 0.457 e. The fraction of sp³-hybridized carbons (Fsp3) is 0.200. The second-order valence-corrected chi connectivity index (χ2v) is 5.81. The van der Waals surface area contributed by atoms with Crippen LogP contribution < -0.4 is 10.1 Å². The maximum absolute atomic E-state index is 12.4. The van der Waals surface area contributed by atoms with Crippen LogP contribution in [0.3, 0.4) is 0 Å². The number of aromatic nitrogens is 1. The van der Waals surface area contributed by atoms with Gasteiger partial charge in [0.05, 0.1) is 5.69 Å². The summed E-state index contributed by atoms with van der Waals surface area (Å²) in [6, 6.07) is 15.1. The summed E-state index contributed by atoms with van der Waals surface area (Å²) >= 11 is 0. The zero-order valence-corrected chi connectivity index (χ0v) is 14.5. The molecule has 128 valence electrons. The number of anilines is 1. The number of benzene rings is 2. The first-order valence-electron chi connectivity index (χ1n) is 8.18. The number of carbonyl (C=O) groups is 1. The molecule has 3 aromatic rings. The number of nitrogens with zero attached hydrogens (tertiary/aromatic N) is 1. The van der Waals surface area contributed by atoms with Gasteiger partial charge in [-0.1, -0.05) is 29.8 Å². The van der Waals surface area contributed by atoms with Crippen LogP contribution in [0.2, 0.25) is 0 Å². The van der Waals surface area contributed by atoms with E-state index in [9.17, 15) is 4.79 Å². The molecule has 3 rings (SSSR count). The molecule has 0 radical (unpaired) electrons. The van der Waals surface area contributed by atoms with Crippen molar-refractivity contribution in [1.29, 1.82) is 0 Å². The van der Waals surface area contributed by atoms with Crippen LogP contribution in [-0.4, -0.2) is 11.1 Å². The molecule has 1 amide bonds. The third-order valence-electron chi connectivity index (χ3n) is 3.85. The molecule has 5 nitrogen and oxygen atoms in total. The van der Waals surface area contributed by atoms with E-state index in [0.29, 0.717) is 34.9 Å². The summed E-state index contributed by atoms with van der Waals surface area (Å²) in [5.74, 6) is 1.85. The molecule has 1 aromatic heterocycles. The van der Waals surface area contributed by atoms with E-state index < -0.39 is 0 Å². The molecular formula is C20H20N2O3. The lowest BCUT2D eigenvalue weighted by atomic mass is 10.1. The lowest BCUT2D eigenvalue weighted by Crippen LogP contribution is -2.14. The van der Waals surface area contributed by atoms with Gasteiger partial charge in [-0.15, -0.1) is 0 Å². The molecule has 1 N–H and O–H groups in total. The topological polar surface area (TPSA) is 64.4 Å². The molecule has 0 bridgehead atoms. The maximum atomic E-state index is 12.4. The van der Waals surface area contributed by atoms with Crippen LogP contribution >= 0.6 is 0 Å². The Morgan fingerprint density at radius 3 is 2.24 bits per heavy atom. The SMILES string of the molecule is CCc1onc(C)c1C(=O)Nc1ccc(Oc2ccc(C)cc2)cc1. The highest BCUT2D eigenvalue weighted by Gasteiger charge is 2.19. The maximum Gasteiger partial charge on any atom is 0.261 e. The third kappa shape index (κ3) is 3.88. The minimum absolute atomic E-state index is 0.220. The fourth-order valence-corrected chi connectivity index (χ4v) is 2.49. The molecule has 0 aliphatic heterocycles. The normalized spacial score (nSPS) is 10.5. The molecule has 0 unspecified atom stereocenters. The van der Waals surface area contributed by atoms with Gasteiger partial charge in [-0.3, -0.25) is 4.79 Å². The summed E-state index contributed by atoms with van der Waals surface area (Å²) < 4.78 is 10.9. The molecule has 0 saturated carbocycles. The monoisotopic (exact) mass is 336 g/mol. The van der Waals surface area contributed by atoms with E-state index in [4.69, 9.17) is 9.26 Å². The molecule has 25 heavy (non-hydrogen) atoms. The van der Waals surface area contributed by atoms with Gasteiger partial charge in [0.25, 0.3) is 5.91 Å². The molecule has 5 heteroatoms. The summed E-state index contributed by atoms with van der Waals surface area (Å²) in [6.07, 6.45) is 0.618. The highest BCUT2D eigenvalue weighted by atomic mass is 16.5. The van der Waals surface area contributed by atoms with Crippen molar-refractivity contribution < 1.29 is 14.1 Å². The Kier molecular flexibility index (Phi) is 4.84. The number of amides is 1. The van der Waals surface area contributed by atoms with Gasteiger partial charge in [-0.25, -0.2) is 0 Å². The Labute approximate surface area is 146 Å². The van der Waals surface area contributed by atoms with Gasteiger partial charge in [-0.05, 0) is 50.2 Å². The standard InChI is InChI=1S/C20H20N2O3/c1-4-18-19(14(3)22-25-18)20(23)21-15-7-11-17(12-8-15)24-16-9-5-13(2)6-10-16/h5-12H,4H2,1-3H3,(H,21,23). The van der Waals surface area contributed by atoms with Gasteiger partial charge >= 0.3 is 0 Å². The molecule has 0 aliphatic rings. The first-order chi connectivity index (χ1) is 12.1. The number of aryl methyl sites for hydroxylation is 3. The van der Waals surface area contributed by atoms with Crippen molar-refractivity contribution in [2.45, 2.75) is 27.2 Å². The predicted molar refractivity (Wildman–Crippen MR) is 96.3 cm³/mol. The van der Waals surface area contributed by atoms with Crippen molar-refractivity contribution in [2.75, 3.05) is 5.32 Å². The van der Waals surface area contributed by atoms with E-state index >= 15 is 0 Å². The summed E-state index contributed by atoms with van der Waals surface area (Å²) in [6.45, 7) is 5.71. The first-order valence-corrected chi connectivity index (χ1v) is 8.18. The summed E-state index contributed by atoms with van der Waals surface area (Å²) in [4.78, 5) is 12.4. The quantitative estimate of drug-likeness (QED) is 0.720. The van der Waals surface area contributed by atoms with E-state index in [1.165, 1.54) is 5.56 Å². The van der Waals surface area contributed by atoms with Gasteiger partial charge in [0.15, 0.2) is 0 Å². The van der Waals surface area contributed by atoms with Crippen LogP contribution in [0.5, 0.6) is 11.5 Å². The second kappa shape index (κ2) is 7.21. The zero-order valence-electron chi connectivity index (χ0n) is 14.5. The van der Waals surface area contributed by atoms with E-state index in [-0.39, 0.29) is 5.91 Å². The molecule has 0 spiro atoms. The average Bonchev–Trinajstić information content (AvgIpc) is 2.99. The van der Waals surface area contributed by atoms with Crippen molar-refractivity contribution in [3.05, 3.63) is 71.1 Å². The minimum Gasteiger partial charge on any atom is -0.457 e. The van der Waals surface area contributed by atoms with E-state index in [2.05, 4.69) is 10.5 Å². The predicted octanol–water partition coefficient (Wildman–Crippen LogP) is 4.90. The Morgan fingerprint density at radius 2 is 1.64 bits per heavy atom. The Bertz CT molecular complexity index is 865. The van der Waals surface area contributed by atoms with E-state index in [0.717, 1.165) is 5.75 Å². The summed E-state index contributed by atoms with van der Waals surface area (Å²) in [5.41, 5.74) is 2.96. The number of ether oxygens (including phenoxy) is 1. The number of rotatable bonds is 5. The zero-order chi connectivity index (χ0) is 17.8. The second-order valence-electron chi connectivity index (χ2n) is 5.81. The van der Waals surface area contributed by atoms with Crippen molar-refractivity contribution >= 4 is 11.6 Å². The van der Waals surface area contributed by atoms with Crippen LogP contribution in [0.15, 0.2) is 53.1 Å². The first kappa shape index (κ1) is 16.8. The van der Waals surface area contributed by atoms with Crippen LogP contribution in [0.1, 0.15) is 34.3 Å². The smallest absolute Gasteiger partial charge is 0.261 e. The molecule has 2 aromatic carbocycles. The van der Waals surface area contributed by atoms with Gasteiger partial charge in [-0.2, -0.15) is 0 Å². The molecule has 0 aliphatic carbocycles. The number of hydrogen-bond acceptors (Lipinski definition) is 4. The molecule has 0 fully saturated rings. The minimum atomic E-state index is -0.220. The highest BCUT2D eigenvalue weighted by Crippen LogP contribution is 2.24. The molecule has 0 atom stereocenters. The van der Waals surface area contributed by atoms with Crippen LogP contribution in [0, 0.1) is 13.8 Å². The van der Waals surface area contributed by atoms with Crippen molar-refractivity contribution in [1.82, 2.24) is 5.16 Å². The van der Waals surface area contributed by atoms with Gasteiger partial charge in [0.2, 0.25) is 0 Å². The molecule has 1 heterocycles. The van der Waals surface area contributed by atoms with Crippen molar-refractivity contribution in [2.24, 2.45) is 0 Å². The lowest BCUT2D eigenvalue weighted by molar-refractivity contribution is 0.102. The van der Waals surface area contributed by atoms with Gasteiger partial charge < -0.3 is 14.6 Å². The van der Waals surface area contributed by atoms with E-state index in [1.54, 1.807) is 19.1 Å². The summed E-state index contributed by atoms with van der Waals surface area (Å²) in [7, 11) is 0. The number of nitrogens with one attached hydrogen (secondary N) is 1. The van der Waals surface area contributed by atoms with Gasteiger partial charge in [0, 0.05) is 12.1 Å². The van der Waals surface area contributed by atoms with Crippen LogP contribution in [-0.2, 0) is 6.42 Å². The fourth-order valence-electron chi connectivity index (χ4n) is 2.49. The van der Waals surface area contributed by atoms with Crippen LogP contribution in [0.4, 0.5) is 5.69 Å². The Balaban J connectivity index is 1.69. The Morgan fingerprint density at radius 1 is 1.04 bits per heavy atom. The Hall–Kier alpha value is -3.08. The third-order valence-corrected chi connectivity index (χ3v) is 3.85. The average molecular weight is 336 g/mol. The van der Waals surface area contributed by atoms with E-state index in [1.807, 2.05) is 50.2 Å². The number of hydrogen-bond donors (Lipinski definition) is 1. The summed E-state index contributed by atoms with van der Waals surface area (Å²) in [5, 5.41) is 6.73. The van der Waals surface area contributed by atoms with Crippen molar-refractivity contribution in [3.8, 4) is 11.5 Å². The van der Waals surface area contributed by atoms with Crippen LogP contribution in [0.25, 0.3) is 0 Å². The molecule has 0 saturated heterocycles. The molecular weight excluding hydrogens is 316 g/mol. The lowest BCUT2D eigenvalue weighted by Gasteiger charge is -2.08. The van der Waals surface area contributed by atoms with Gasteiger partial charge in [0.1, 0.15) is 22.8 Å². The van der Waals surface area contributed by atoms with Crippen molar-refractivity contribution in [3.63, 3.8) is 0 Å².